The van der Waals surface area contributed by atoms with Gasteiger partial charge in [0.25, 0.3) is 0 Å². The molecule has 0 aliphatic carbocycles. The Hall–Kier alpha value is -1.49. The molecule has 13 heavy (non-hydrogen) atoms. The van der Waals surface area contributed by atoms with Crippen molar-refractivity contribution in [3.05, 3.63) is 18.0 Å². The first kappa shape index (κ1) is 8.12. The summed E-state index contributed by atoms with van der Waals surface area (Å²) >= 11 is 0. The molecule has 0 aliphatic rings. The zero-order valence-electron chi connectivity index (χ0n) is 7.30. The van der Waals surface area contributed by atoms with E-state index in [0.29, 0.717) is 6.54 Å². The minimum Gasteiger partial charge on any atom is -0.394 e. The first-order valence-corrected chi connectivity index (χ1v) is 4.07. The second-order valence-electron chi connectivity index (χ2n) is 2.86. The van der Waals surface area contributed by atoms with Crippen molar-refractivity contribution in [1.29, 1.82) is 0 Å². The molecule has 0 spiro atoms. The number of rotatable bonds is 2. The lowest BCUT2D eigenvalue weighted by molar-refractivity contribution is 0.270. The summed E-state index contributed by atoms with van der Waals surface area (Å²) in [4.78, 5) is 4.05. The van der Waals surface area contributed by atoms with E-state index in [4.69, 9.17) is 5.11 Å². The molecule has 0 bridgehead atoms. The Morgan fingerprint density at radius 2 is 2.31 bits per heavy atom. The number of pyridine rings is 1. The molecule has 0 saturated carbocycles. The molecule has 0 atom stereocenters. The summed E-state index contributed by atoms with van der Waals surface area (Å²) in [6.07, 6.45) is 3.46. The molecule has 0 fully saturated rings. The summed E-state index contributed by atoms with van der Waals surface area (Å²) < 4.78 is 1.65. The standard InChI is InChI=1S/C8H10N4O/c1-6-4-9-5-7-8(6)10-11-12(7)2-3-13/h4-5,13H,2-3H2,1H3. The SMILES string of the molecule is Cc1cncc2c1nnn2CCO. The minimum atomic E-state index is 0.0619. The predicted molar refractivity (Wildman–Crippen MR) is 47.1 cm³/mol. The molecule has 2 aromatic rings. The number of fused-ring (bicyclic) bond motifs is 1. The van der Waals surface area contributed by atoms with Crippen molar-refractivity contribution in [3.8, 4) is 0 Å². The van der Waals surface area contributed by atoms with Crippen LogP contribution < -0.4 is 0 Å². The van der Waals surface area contributed by atoms with E-state index < -0.39 is 0 Å². The quantitative estimate of drug-likeness (QED) is 0.709. The summed E-state index contributed by atoms with van der Waals surface area (Å²) in [5.41, 5.74) is 2.72. The Morgan fingerprint density at radius 1 is 1.46 bits per heavy atom. The Labute approximate surface area is 75.0 Å². The van der Waals surface area contributed by atoms with E-state index in [1.54, 1.807) is 17.1 Å². The Morgan fingerprint density at radius 3 is 3.08 bits per heavy atom. The second kappa shape index (κ2) is 3.10. The van der Waals surface area contributed by atoms with Crippen molar-refractivity contribution in [2.24, 2.45) is 0 Å². The fourth-order valence-corrected chi connectivity index (χ4v) is 1.27. The highest BCUT2D eigenvalue weighted by Gasteiger charge is 2.05. The van der Waals surface area contributed by atoms with Crippen LogP contribution in [0.1, 0.15) is 5.56 Å². The molecule has 2 rings (SSSR count). The second-order valence-corrected chi connectivity index (χ2v) is 2.86. The van der Waals surface area contributed by atoms with Crippen LogP contribution in [-0.4, -0.2) is 31.7 Å². The van der Waals surface area contributed by atoms with Gasteiger partial charge in [-0.05, 0) is 12.5 Å². The Bertz CT molecular complexity index is 423. The molecule has 5 nitrogen and oxygen atoms in total. The fourth-order valence-electron chi connectivity index (χ4n) is 1.27. The third-order valence-electron chi connectivity index (χ3n) is 1.92. The Balaban J connectivity index is 2.61. The predicted octanol–water partition coefficient (Wildman–Crippen LogP) is 0.127. The molecule has 5 heteroatoms. The van der Waals surface area contributed by atoms with Gasteiger partial charge in [-0.1, -0.05) is 5.21 Å². The van der Waals surface area contributed by atoms with Crippen molar-refractivity contribution in [3.63, 3.8) is 0 Å². The smallest absolute Gasteiger partial charge is 0.119 e. The van der Waals surface area contributed by atoms with E-state index in [9.17, 15) is 0 Å². The average Bonchev–Trinajstić information content (AvgIpc) is 2.51. The van der Waals surface area contributed by atoms with Gasteiger partial charge in [-0.25, -0.2) is 4.68 Å². The molecule has 0 aromatic carbocycles. The van der Waals surface area contributed by atoms with Crippen molar-refractivity contribution >= 4 is 11.0 Å². The monoisotopic (exact) mass is 178 g/mol. The van der Waals surface area contributed by atoms with Gasteiger partial charge in [0.2, 0.25) is 0 Å². The number of aromatic nitrogens is 4. The molecule has 0 radical (unpaired) electrons. The molecule has 1 N–H and O–H groups in total. The van der Waals surface area contributed by atoms with E-state index in [1.807, 2.05) is 6.92 Å². The highest BCUT2D eigenvalue weighted by atomic mass is 16.3. The van der Waals surface area contributed by atoms with Crippen molar-refractivity contribution in [2.75, 3.05) is 6.61 Å². The lowest BCUT2D eigenvalue weighted by Gasteiger charge is -1.97. The molecule has 2 heterocycles. The van der Waals surface area contributed by atoms with E-state index in [1.165, 1.54) is 0 Å². The van der Waals surface area contributed by atoms with Crippen molar-refractivity contribution in [1.82, 2.24) is 20.0 Å². The molecule has 0 unspecified atom stereocenters. The maximum absolute atomic E-state index is 8.76. The van der Waals surface area contributed by atoms with E-state index in [0.717, 1.165) is 16.6 Å². The number of hydrogen-bond donors (Lipinski definition) is 1. The summed E-state index contributed by atoms with van der Waals surface area (Å²) in [5, 5.41) is 16.7. The molecular formula is C8H10N4O. The van der Waals surface area contributed by atoms with Gasteiger partial charge in [0.1, 0.15) is 11.0 Å². The molecule has 0 amide bonds. The normalized spacial score (nSPS) is 10.9. The van der Waals surface area contributed by atoms with Crippen LogP contribution in [0, 0.1) is 6.92 Å². The summed E-state index contributed by atoms with van der Waals surface area (Å²) in [6.45, 7) is 2.46. The van der Waals surface area contributed by atoms with E-state index in [2.05, 4.69) is 15.3 Å². The van der Waals surface area contributed by atoms with Gasteiger partial charge in [0, 0.05) is 6.20 Å². The third kappa shape index (κ3) is 1.27. The largest absolute Gasteiger partial charge is 0.394 e. The van der Waals surface area contributed by atoms with Gasteiger partial charge >= 0.3 is 0 Å². The van der Waals surface area contributed by atoms with Gasteiger partial charge in [-0.2, -0.15) is 0 Å². The number of aliphatic hydroxyl groups is 1. The number of aliphatic hydroxyl groups excluding tert-OH is 1. The van der Waals surface area contributed by atoms with Crippen LogP contribution in [0.5, 0.6) is 0 Å². The minimum absolute atomic E-state index is 0.0619. The maximum atomic E-state index is 8.76. The molecule has 0 aliphatic heterocycles. The van der Waals surface area contributed by atoms with Gasteiger partial charge in [0.05, 0.1) is 19.3 Å². The zero-order valence-corrected chi connectivity index (χ0v) is 7.30. The summed E-state index contributed by atoms with van der Waals surface area (Å²) in [7, 11) is 0. The van der Waals surface area contributed by atoms with Crippen molar-refractivity contribution < 1.29 is 5.11 Å². The summed E-state index contributed by atoms with van der Waals surface area (Å²) in [6, 6.07) is 0. The van der Waals surface area contributed by atoms with Crippen LogP contribution in [0.4, 0.5) is 0 Å². The van der Waals surface area contributed by atoms with Gasteiger partial charge in [-0.3, -0.25) is 4.98 Å². The van der Waals surface area contributed by atoms with Crippen LogP contribution in [0.15, 0.2) is 12.4 Å². The number of aryl methyl sites for hydroxylation is 1. The molecule has 68 valence electrons. The zero-order chi connectivity index (χ0) is 9.26. The number of nitrogens with zero attached hydrogens (tertiary/aromatic N) is 4. The fraction of sp³-hybridized carbons (Fsp3) is 0.375. The van der Waals surface area contributed by atoms with Crippen LogP contribution in [0.2, 0.25) is 0 Å². The first-order valence-electron chi connectivity index (χ1n) is 4.07. The van der Waals surface area contributed by atoms with Crippen LogP contribution in [0.25, 0.3) is 11.0 Å². The summed E-state index contributed by atoms with van der Waals surface area (Å²) in [5.74, 6) is 0. The first-order chi connectivity index (χ1) is 6.33. The molecule has 2 aromatic heterocycles. The molecule has 0 saturated heterocycles. The van der Waals surface area contributed by atoms with Crippen LogP contribution >= 0.6 is 0 Å². The van der Waals surface area contributed by atoms with Crippen LogP contribution in [0.3, 0.4) is 0 Å². The average molecular weight is 178 g/mol. The van der Waals surface area contributed by atoms with E-state index >= 15 is 0 Å². The number of hydrogen-bond acceptors (Lipinski definition) is 4. The lowest BCUT2D eigenvalue weighted by atomic mass is 10.3. The Kier molecular flexibility index (Phi) is 1.94. The lowest BCUT2D eigenvalue weighted by Crippen LogP contribution is -2.03. The van der Waals surface area contributed by atoms with E-state index in [-0.39, 0.29) is 6.61 Å². The maximum Gasteiger partial charge on any atom is 0.119 e. The van der Waals surface area contributed by atoms with Crippen LogP contribution in [-0.2, 0) is 6.54 Å². The topological polar surface area (TPSA) is 63.8 Å². The third-order valence-corrected chi connectivity index (χ3v) is 1.92. The van der Waals surface area contributed by atoms with Gasteiger partial charge in [0.15, 0.2) is 0 Å². The van der Waals surface area contributed by atoms with Gasteiger partial charge < -0.3 is 5.11 Å². The van der Waals surface area contributed by atoms with Crippen molar-refractivity contribution in [2.45, 2.75) is 13.5 Å². The highest BCUT2D eigenvalue weighted by Crippen LogP contribution is 2.12. The molecular weight excluding hydrogens is 168 g/mol. The highest BCUT2D eigenvalue weighted by molar-refractivity contribution is 5.76. The van der Waals surface area contributed by atoms with Gasteiger partial charge in [-0.15, -0.1) is 5.10 Å².